The van der Waals surface area contributed by atoms with E-state index in [0.717, 1.165) is 19.4 Å². The first kappa shape index (κ1) is 16.4. The fourth-order valence-electron chi connectivity index (χ4n) is 3.35. The van der Waals surface area contributed by atoms with Gasteiger partial charge in [0.25, 0.3) is 0 Å². The molecule has 1 nitrogen and oxygen atoms in total. The molecule has 2 rings (SSSR count). The Balaban J connectivity index is 2.07. The fourth-order valence-corrected chi connectivity index (χ4v) is 3.35. The van der Waals surface area contributed by atoms with Crippen LogP contribution in [0.3, 0.4) is 0 Å². The molecule has 118 valence electrons. The van der Waals surface area contributed by atoms with Gasteiger partial charge in [0.05, 0.1) is 0 Å². The Hall–Kier alpha value is -0.960. The van der Waals surface area contributed by atoms with Gasteiger partial charge in [0.15, 0.2) is 0 Å². The van der Waals surface area contributed by atoms with Gasteiger partial charge in [-0.05, 0) is 42.9 Å². The summed E-state index contributed by atoms with van der Waals surface area (Å²) in [5.74, 6) is -2.13. The van der Waals surface area contributed by atoms with Crippen molar-refractivity contribution in [3.63, 3.8) is 0 Å². The number of hydrogen-bond donors (Lipinski definition) is 1. The molecule has 0 bridgehead atoms. The lowest BCUT2D eigenvalue weighted by atomic mass is 9.79. The van der Waals surface area contributed by atoms with Crippen molar-refractivity contribution in [1.82, 2.24) is 5.32 Å². The molecule has 0 spiro atoms. The second-order valence-corrected chi connectivity index (χ2v) is 6.22. The minimum absolute atomic E-state index is 0.0352. The Kier molecular flexibility index (Phi) is 5.74. The monoisotopic (exact) mass is 295 g/mol. The van der Waals surface area contributed by atoms with Crippen molar-refractivity contribution in [3.05, 3.63) is 35.4 Å². The lowest BCUT2D eigenvalue weighted by Gasteiger charge is -2.34. The van der Waals surface area contributed by atoms with Crippen molar-refractivity contribution >= 4 is 0 Å². The van der Waals surface area contributed by atoms with Crippen molar-refractivity contribution in [2.24, 2.45) is 5.92 Å². The van der Waals surface area contributed by atoms with E-state index in [2.05, 4.69) is 43.4 Å². The van der Waals surface area contributed by atoms with Gasteiger partial charge in [0.1, 0.15) is 0 Å². The number of hydrogen-bond acceptors (Lipinski definition) is 1. The van der Waals surface area contributed by atoms with Crippen molar-refractivity contribution in [1.29, 1.82) is 0 Å². The Morgan fingerprint density at radius 2 is 1.76 bits per heavy atom. The van der Waals surface area contributed by atoms with Gasteiger partial charge in [-0.2, -0.15) is 0 Å². The first-order valence-electron chi connectivity index (χ1n) is 8.25. The number of benzene rings is 1. The second kappa shape index (κ2) is 7.35. The van der Waals surface area contributed by atoms with Crippen molar-refractivity contribution in [3.8, 4) is 0 Å². The third-order valence-corrected chi connectivity index (χ3v) is 4.53. The van der Waals surface area contributed by atoms with Crippen LogP contribution in [0.15, 0.2) is 24.3 Å². The molecule has 0 aliphatic heterocycles. The first-order chi connectivity index (χ1) is 10.1. The van der Waals surface area contributed by atoms with Crippen LogP contribution >= 0.6 is 0 Å². The number of alkyl halides is 2. The molecule has 0 saturated heterocycles. The van der Waals surface area contributed by atoms with Gasteiger partial charge in [0.2, 0.25) is 5.92 Å². The van der Waals surface area contributed by atoms with Crippen LogP contribution in [-0.4, -0.2) is 12.5 Å². The number of rotatable bonds is 6. The van der Waals surface area contributed by atoms with E-state index in [-0.39, 0.29) is 18.9 Å². The predicted molar refractivity (Wildman–Crippen MR) is 83.8 cm³/mol. The summed E-state index contributed by atoms with van der Waals surface area (Å²) in [6.07, 6.45) is 3.54. The van der Waals surface area contributed by atoms with E-state index in [1.807, 2.05) is 0 Å². The zero-order valence-corrected chi connectivity index (χ0v) is 13.2. The normalized spacial score (nSPS) is 20.4. The summed E-state index contributed by atoms with van der Waals surface area (Å²) in [5, 5.41) is 3.50. The Morgan fingerprint density at radius 3 is 2.29 bits per heavy atom. The summed E-state index contributed by atoms with van der Waals surface area (Å²) < 4.78 is 26.7. The molecule has 1 aromatic rings. The molecule has 0 amide bonds. The van der Waals surface area contributed by atoms with E-state index in [0.29, 0.717) is 18.8 Å². The molecular weight excluding hydrogens is 268 g/mol. The van der Waals surface area contributed by atoms with E-state index in [4.69, 9.17) is 0 Å². The molecular formula is C18H27F2N. The van der Waals surface area contributed by atoms with Crippen LogP contribution in [-0.2, 0) is 6.42 Å². The molecule has 1 N–H and O–H groups in total. The molecule has 1 unspecified atom stereocenters. The van der Waals surface area contributed by atoms with Gasteiger partial charge in [-0.3, -0.25) is 0 Å². The summed E-state index contributed by atoms with van der Waals surface area (Å²) in [4.78, 5) is 0. The Bertz CT molecular complexity index is 417. The molecule has 1 fully saturated rings. The summed E-state index contributed by atoms with van der Waals surface area (Å²) in [6.45, 7) is 5.13. The molecule has 0 aromatic heterocycles. The maximum Gasteiger partial charge on any atom is 0.248 e. The zero-order valence-electron chi connectivity index (χ0n) is 13.2. The first-order valence-corrected chi connectivity index (χ1v) is 8.25. The zero-order chi connectivity index (χ0) is 15.3. The minimum Gasteiger partial charge on any atom is -0.310 e. The van der Waals surface area contributed by atoms with Crippen LogP contribution in [0.1, 0.15) is 63.1 Å². The van der Waals surface area contributed by atoms with Gasteiger partial charge < -0.3 is 5.32 Å². The summed E-state index contributed by atoms with van der Waals surface area (Å²) in [6, 6.07) is 8.92. The highest BCUT2D eigenvalue weighted by atomic mass is 19.3. The van der Waals surface area contributed by atoms with Crippen LogP contribution in [0.25, 0.3) is 0 Å². The fraction of sp³-hybridized carbons (Fsp3) is 0.667. The maximum absolute atomic E-state index is 13.3. The summed E-state index contributed by atoms with van der Waals surface area (Å²) in [7, 11) is 0. The lowest BCUT2D eigenvalue weighted by Crippen LogP contribution is -2.34. The van der Waals surface area contributed by atoms with Crippen LogP contribution < -0.4 is 5.32 Å². The highest BCUT2D eigenvalue weighted by Gasteiger charge is 2.37. The molecule has 1 atom stereocenters. The van der Waals surface area contributed by atoms with E-state index in [9.17, 15) is 8.78 Å². The topological polar surface area (TPSA) is 12.0 Å². The van der Waals surface area contributed by atoms with Crippen LogP contribution in [0.4, 0.5) is 8.78 Å². The quantitative estimate of drug-likeness (QED) is 0.768. The van der Waals surface area contributed by atoms with Gasteiger partial charge in [-0.15, -0.1) is 0 Å². The van der Waals surface area contributed by atoms with Crippen LogP contribution in [0.2, 0.25) is 0 Å². The van der Waals surface area contributed by atoms with Crippen LogP contribution in [0, 0.1) is 5.92 Å². The third-order valence-electron chi connectivity index (χ3n) is 4.53. The van der Waals surface area contributed by atoms with Gasteiger partial charge in [-0.1, -0.05) is 44.5 Å². The average Bonchev–Trinajstić information content (AvgIpc) is 2.47. The Labute approximate surface area is 127 Å². The number of aryl methyl sites for hydroxylation is 1. The molecule has 0 radical (unpaired) electrons. The molecule has 1 saturated carbocycles. The van der Waals surface area contributed by atoms with Crippen molar-refractivity contribution in [2.75, 3.05) is 6.54 Å². The van der Waals surface area contributed by atoms with Crippen molar-refractivity contribution < 1.29 is 8.78 Å². The SMILES string of the molecule is CCCc1ccc(C(NCC)C2CCC(F)(F)CC2)cc1. The number of nitrogens with one attached hydrogen (secondary N) is 1. The third kappa shape index (κ3) is 4.50. The standard InChI is InChI=1S/C18H27F2N/c1-3-5-14-6-8-15(9-7-14)17(21-4-2)16-10-12-18(19,20)13-11-16/h6-9,16-17,21H,3-5,10-13H2,1-2H3. The predicted octanol–water partition coefficient (Wildman–Crippen LogP) is 5.12. The highest BCUT2D eigenvalue weighted by Crippen LogP contribution is 2.41. The van der Waals surface area contributed by atoms with E-state index in [1.54, 1.807) is 0 Å². The van der Waals surface area contributed by atoms with Crippen LogP contribution in [0.5, 0.6) is 0 Å². The summed E-state index contributed by atoms with van der Waals surface area (Å²) >= 11 is 0. The summed E-state index contributed by atoms with van der Waals surface area (Å²) in [5.41, 5.74) is 2.60. The highest BCUT2D eigenvalue weighted by molar-refractivity contribution is 5.26. The molecule has 0 heterocycles. The lowest BCUT2D eigenvalue weighted by molar-refractivity contribution is -0.0497. The second-order valence-electron chi connectivity index (χ2n) is 6.22. The van der Waals surface area contributed by atoms with Gasteiger partial charge in [-0.25, -0.2) is 8.78 Å². The smallest absolute Gasteiger partial charge is 0.248 e. The molecule has 21 heavy (non-hydrogen) atoms. The van der Waals surface area contributed by atoms with Crippen molar-refractivity contribution in [2.45, 2.75) is 64.3 Å². The molecule has 1 aromatic carbocycles. The van der Waals surface area contributed by atoms with E-state index < -0.39 is 5.92 Å². The maximum atomic E-state index is 13.3. The molecule has 1 aliphatic carbocycles. The number of halogens is 2. The Morgan fingerprint density at radius 1 is 1.14 bits per heavy atom. The van der Waals surface area contributed by atoms with E-state index >= 15 is 0 Å². The van der Waals surface area contributed by atoms with Gasteiger partial charge in [0, 0.05) is 18.9 Å². The largest absolute Gasteiger partial charge is 0.310 e. The molecule has 1 aliphatic rings. The molecule has 3 heteroatoms. The minimum atomic E-state index is -2.45. The van der Waals surface area contributed by atoms with E-state index in [1.165, 1.54) is 11.1 Å². The average molecular weight is 295 g/mol. The van der Waals surface area contributed by atoms with Gasteiger partial charge >= 0.3 is 0 Å².